The van der Waals surface area contributed by atoms with Gasteiger partial charge in [0.15, 0.2) is 5.76 Å². The van der Waals surface area contributed by atoms with E-state index in [1.807, 2.05) is 0 Å². The van der Waals surface area contributed by atoms with Gasteiger partial charge >= 0.3 is 11.7 Å². The number of methoxy groups -OCH3 is 2. The predicted octanol–water partition coefficient (Wildman–Crippen LogP) is 3.82. The Morgan fingerprint density at radius 1 is 1.00 bits per heavy atom. The van der Waals surface area contributed by atoms with E-state index in [1.165, 1.54) is 41.6 Å². The van der Waals surface area contributed by atoms with Crippen LogP contribution in [-0.2, 0) is 18.9 Å². The summed E-state index contributed by atoms with van der Waals surface area (Å²) in [4.78, 5) is 37.7. The number of fused-ring (bicyclic) bond motifs is 2. The average Bonchev–Trinajstić information content (AvgIpc) is 3.35. The van der Waals surface area contributed by atoms with E-state index < -0.39 is 17.7 Å². The topological polar surface area (TPSA) is 129 Å². The van der Waals surface area contributed by atoms with Crippen molar-refractivity contribution in [2.75, 3.05) is 14.2 Å². The van der Waals surface area contributed by atoms with Crippen LogP contribution in [0.1, 0.15) is 39.4 Å². The Morgan fingerprint density at radius 2 is 1.74 bits per heavy atom. The normalized spacial score (nSPS) is 14.4. The number of rotatable bonds is 7. The van der Waals surface area contributed by atoms with Crippen molar-refractivity contribution >= 4 is 28.9 Å². The number of aromatic hydroxyl groups is 1. The van der Waals surface area contributed by atoms with Crippen LogP contribution >= 0.6 is 0 Å². The lowest BCUT2D eigenvalue weighted by atomic mass is 9.86. The number of benzene rings is 3. The van der Waals surface area contributed by atoms with Gasteiger partial charge in [-0.25, -0.2) is 4.79 Å². The molecule has 0 amide bonds. The van der Waals surface area contributed by atoms with Crippen molar-refractivity contribution in [2.24, 2.45) is 14.1 Å². The molecule has 10 heteroatoms. The molecule has 0 fully saturated rings. The highest BCUT2D eigenvalue weighted by atomic mass is 16.5. The van der Waals surface area contributed by atoms with E-state index >= 15 is 0 Å². The Bertz CT molecular complexity index is 1740. The van der Waals surface area contributed by atoms with Gasteiger partial charge in [0.05, 0.1) is 37.2 Å². The summed E-state index contributed by atoms with van der Waals surface area (Å²) in [6.07, 6.45) is 1.14. The van der Waals surface area contributed by atoms with Crippen LogP contribution in [0.3, 0.4) is 0 Å². The van der Waals surface area contributed by atoms with Crippen molar-refractivity contribution in [1.82, 2.24) is 9.13 Å². The van der Waals surface area contributed by atoms with Crippen molar-refractivity contribution in [3.05, 3.63) is 87.0 Å². The largest absolute Gasteiger partial charge is 0.508 e. The molecule has 1 aliphatic heterocycles. The minimum absolute atomic E-state index is 0.00435. The van der Waals surface area contributed by atoms with Crippen LogP contribution in [0.25, 0.3) is 17.1 Å². The molecule has 2 heterocycles. The number of carbonyl (C=O) groups is 2. The van der Waals surface area contributed by atoms with Crippen LogP contribution in [0.2, 0.25) is 0 Å². The molecule has 3 aromatic carbocycles. The van der Waals surface area contributed by atoms with Crippen LogP contribution < -0.4 is 19.9 Å². The average molecular weight is 531 g/mol. The fourth-order valence-electron chi connectivity index (χ4n) is 4.98. The van der Waals surface area contributed by atoms with Crippen molar-refractivity contribution in [3.8, 4) is 23.0 Å². The lowest BCUT2D eigenvalue weighted by Gasteiger charge is -2.20. The molecule has 0 radical (unpaired) electrons. The lowest BCUT2D eigenvalue weighted by Crippen LogP contribution is -2.19. The zero-order valence-electron chi connectivity index (χ0n) is 21.7. The Kier molecular flexibility index (Phi) is 6.39. The number of aliphatic carboxylic acids is 1. The minimum atomic E-state index is -1.11. The summed E-state index contributed by atoms with van der Waals surface area (Å²) in [7, 11) is 6.31. The fourth-order valence-corrected chi connectivity index (χ4v) is 4.98. The van der Waals surface area contributed by atoms with Gasteiger partial charge in [-0.3, -0.25) is 18.7 Å². The highest BCUT2D eigenvalue weighted by molar-refractivity contribution is 6.15. The van der Waals surface area contributed by atoms with Crippen LogP contribution in [0.4, 0.5) is 0 Å². The van der Waals surface area contributed by atoms with E-state index in [-0.39, 0.29) is 40.5 Å². The van der Waals surface area contributed by atoms with Crippen LogP contribution in [0.15, 0.2) is 59.1 Å². The Labute approximate surface area is 222 Å². The number of aryl methyl sites for hydroxylation is 2. The number of ketones is 1. The van der Waals surface area contributed by atoms with E-state index in [4.69, 9.17) is 14.2 Å². The van der Waals surface area contributed by atoms with Gasteiger partial charge in [0.2, 0.25) is 5.78 Å². The van der Waals surface area contributed by atoms with Crippen LogP contribution in [-0.4, -0.2) is 45.3 Å². The number of aromatic nitrogens is 2. The molecular weight excluding hydrogens is 504 g/mol. The molecule has 10 nitrogen and oxygen atoms in total. The predicted molar refractivity (Wildman–Crippen MR) is 143 cm³/mol. The molecule has 0 bridgehead atoms. The molecule has 0 saturated carbocycles. The molecule has 4 aromatic rings. The number of nitrogens with zero attached hydrogens (tertiary/aromatic N) is 2. The van der Waals surface area contributed by atoms with Gasteiger partial charge in [-0.2, -0.15) is 0 Å². The molecule has 0 aliphatic carbocycles. The first kappa shape index (κ1) is 25.7. The molecule has 200 valence electrons. The second-order valence-corrected chi connectivity index (χ2v) is 9.22. The molecule has 39 heavy (non-hydrogen) atoms. The standard InChI is InChI=1S/C29H26N2O8/c1-30-20-9-6-15(11-21(20)31(2)29(30)36)19(14-25(33)34)26-22(32)10-8-18-27(35)24(39-28(18)26)12-16-5-7-17(37-3)13-23(16)38-4/h5-13,19,32H,14H2,1-4H3,(H,33,34)/b24-12-. The first-order valence-electron chi connectivity index (χ1n) is 12.0. The zero-order chi connectivity index (χ0) is 28.0. The number of carboxylic acids is 1. The Morgan fingerprint density at radius 3 is 2.44 bits per heavy atom. The summed E-state index contributed by atoms with van der Waals surface area (Å²) in [6, 6.07) is 13.1. The third-order valence-corrected chi connectivity index (χ3v) is 7.01. The van der Waals surface area contributed by atoms with Crippen LogP contribution in [0, 0.1) is 0 Å². The highest BCUT2D eigenvalue weighted by Crippen LogP contribution is 2.47. The maximum absolute atomic E-state index is 13.3. The first-order valence-corrected chi connectivity index (χ1v) is 12.0. The summed E-state index contributed by atoms with van der Waals surface area (Å²) in [6.45, 7) is 0. The second-order valence-electron chi connectivity index (χ2n) is 9.22. The summed E-state index contributed by atoms with van der Waals surface area (Å²) >= 11 is 0. The van der Waals surface area contributed by atoms with Crippen molar-refractivity contribution in [2.45, 2.75) is 12.3 Å². The SMILES string of the molecule is COc1ccc(/C=C2\Oc3c(ccc(O)c3C(CC(=O)O)c3ccc4c(c3)n(C)c(=O)n4C)C2=O)c(OC)c1. The number of Topliss-reactive ketones (excluding diaryl/α,β-unsaturated/α-hetero) is 1. The third-order valence-electron chi connectivity index (χ3n) is 7.01. The molecule has 0 spiro atoms. The number of carbonyl (C=O) groups excluding carboxylic acids is 1. The summed E-state index contributed by atoms with van der Waals surface area (Å²) < 4.78 is 19.6. The zero-order valence-corrected chi connectivity index (χ0v) is 21.7. The van der Waals surface area contributed by atoms with Crippen molar-refractivity contribution < 1.29 is 34.0 Å². The van der Waals surface area contributed by atoms with Gasteiger partial charge in [-0.15, -0.1) is 0 Å². The Balaban J connectivity index is 1.64. The van der Waals surface area contributed by atoms with E-state index in [0.29, 0.717) is 33.7 Å². The number of ether oxygens (including phenoxy) is 3. The fraction of sp³-hybridized carbons (Fsp3) is 0.207. The number of hydrogen-bond donors (Lipinski definition) is 2. The van der Waals surface area contributed by atoms with E-state index in [2.05, 4.69) is 0 Å². The number of phenols is 1. The first-order chi connectivity index (χ1) is 18.6. The maximum Gasteiger partial charge on any atom is 0.328 e. The molecule has 2 N–H and O–H groups in total. The van der Waals surface area contributed by atoms with Gasteiger partial charge in [0.1, 0.15) is 23.0 Å². The Hall–Kier alpha value is -4.99. The van der Waals surface area contributed by atoms with E-state index in [1.54, 1.807) is 50.5 Å². The summed E-state index contributed by atoms with van der Waals surface area (Å²) in [5.74, 6) is -1.49. The van der Waals surface area contributed by atoms with E-state index in [9.17, 15) is 24.6 Å². The number of carboxylic acid groups (broad SMARTS) is 1. The lowest BCUT2D eigenvalue weighted by molar-refractivity contribution is -0.137. The minimum Gasteiger partial charge on any atom is -0.508 e. The molecule has 1 aliphatic rings. The van der Waals surface area contributed by atoms with Gasteiger partial charge in [-0.05, 0) is 48.0 Å². The van der Waals surface area contributed by atoms with Crippen molar-refractivity contribution in [1.29, 1.82) is 0 Å². The van der Waals surface area contributed by atoms with Crippen LogP contribution in [0.5, 0.6) is 23.0 Å². The van der Waals surface area contributed by atoms with Gasteiger partial charge in [0.25, 0.3) is 0 Å². The quantitative estimate of drug-likeness (QED) is 0.345. The third kappa shape index (κ3) is 4.29. The maximum atomic E-state index is 13.3. The number of imidazole rings is 1. The summed E-state index contributed by atoms with van der Waals surface area (Å²) in [5, 5.41) is 20.7. The molecular formula is C29H26N2O8. The molecule has 0 saturated heterocycles. The monoisotopic (exact) mass is 530 g/mol. The smallest absolute Gasteiger partial charge is 0.328 e. The second kappa shape index (κ2) is 9.71. The van der Waals surface area contributed by atoms with Gasteiger partial charge < -0.3 is 24.4 Å². The highest BCUT2D eigenvalue weighted by Gasteiger charge is 2.35. The molecule has 5 rings (SSSR count). The van der Waals surface area contributed by atoms with E-state index in [0.717, 1.165) is 0 Å². The molecule has 1 unspecified atom stereocenters. The van der Waals surface area contributed by atoms with Gasteiger partial charge in [-0.1, -0.05) is 6.07 Å². The number of phenolic OH excluding ortho intramolecular Hbond substituents is 1. The van der Waals surface area contributed by atoms with Gasteiger partial charge in [0, 0.05) is 37.2 Å². The number of allylic oxidation sites excluding steroid dienone is 1. The summed E-state index contributed by atoms with van der Waals surface area (Å²) in [5.41, 5.74) is 2.54. The molecule has 1 aromatic heterocycles. The van der Waals surface area contributed by atoms with Crippen molar-refractivity contribution in [3.63, 3.8) is 0 Å². The molecule has 1 atom stereocenters. The number of hydrogen-bond acceptors (Lipinski definition) is 7.